The summed E-state index contributed by atoms with van der Waals surface area (Å²) in [6.07, 6.45) is 0.293. The van der Waals surface area contributed by atoms with Gasteiger partial charge in [0.2, 0.25) is 0 Å². The third-order valence-electron chi connectivity index (χ3n) is 2.41. The predicted molar refractivity (Wildman–Crippen MR) is 60.3 cm³/mol. The number of rotatable bonds is 2. The zero-order valence-corrected chi connectivity index (χ0v) is 9.28. The number of hydrogen-bond acceptors (Lipinski definition) is 3. The number of benzene rings is 1. The molecule has 0 saturated carbocycles. The van der Waals surface area contributed by atoms with Gasteiger partial charge in [-0.3, -0.25) is 0 Å². The molecule has 0 aliphatic rings. The minimum Gasteiger partial charge on any atom is -0.467 e. The van der Waals surface area contributed by atoms with E-state index in [0.717, 1.165) is 5.52 Å². The lowest BCUT2D eigenvalue weighted by molar-refractivity contribution is -0.150. The molecular weight excluding hydrogens is 230 g/mol. The van der Waals surface area contributed by atoms with Crippen molar-refractivity contribution < 1.29 is 14.6 Å². The van der Waals surface area contributed by atoms with Gasteiger partial charge in [-0.2, -0.15) is 0 Å². The Morgan fingerprint density at radius 2 is 2.31 bits per heavy atom. The number of methoxy groups -OCH3 is 1. The third-order valence-corrected chi connectivity index (χ3v) is 2.71. The summed E-state index contributed by atoms with van der Waals surface area (Å²) in [5, 5.41) is 10.9. The summed E-state index contributed by atoms with van der Waals surface area (Å²) in [6.45, 7) is 0. The van der Waals surface area contributed by atoms with E-state index in [-0.39, 0.29) is 0 Å². The number of halogens is 1. The molecule has 2 rings (SSSR count). The number of H-pyrrole nitrogens is 1. The van der Waals surface area contributed by atoms with Crippen molar-refractivity contribution in [2.45, 2.75) is 6.10 Å². The standard InChI is InChI=1S/C11H10ClNO3/c1-16-11(15)10(14)6-3-2-4-8-9(6)7(12)5-13-8/h2-5,10,13-14H,1H3. The molecule has 1 unspecified atom stereocenters. The summed E-state index contributed by atoms with van der Waals surface area (Å²) in [5.74, 6) is -0.704. The van der Waals surface area contributed by atoms with Gasteiger partial charge in [-0.1, -0.05) is 23.7 Å². The van der Waals surface area contributed by atoms with Gasteiger partial charge in [-0.15, -0.1) is 0 Å². The van der Waals surface area contributed by atoms with E-state index in [9.17, 15) is 9.90 Å². The van der Waals surface area contributed by atoms with Crippen LogP contribution in [0.15, 0.2) is 24.4 Å². The minimum absolute atomic E-state index is 0.440. The molecule has 1 heterocycles. The van der Waals surface area contributed by atoms with Crippen LogP contribution in [-0.4, -0.2) is 23.2 Å². The van der Waals surface area contributed by atoms with Crippen LogP contribution in [0.1, 0.15) is 11.7 Å². The molecule has 0 aliphatic heterocycles. The Labute approximate surface area is 96.8 Å². The monoisotopic (exact) mass is 239 g/mol. The molecule has 5 heteroatoms. The van der Waals surface area contributed by atoms with E-state index < -0.39 is 12.1 Å². The lowest BCUT2D eigenvalue weighted by Crippen LogP contribution is -2.13. The highest BCUT2D eigenvalue weighted by molar-refractivity contribution is 6.36. The number of aromatic amines is 1. The maximum absolute atomic E-state index is 11.3. The zero-order valence-electron chi connectivity index (χ0n) is 8.53. The second-order valence-electron chi connectivity index (χ2n) is 3.33. The van der Waals surface area contributed by atoms with Crippen molar-refractivity contribution in [1.82, 2.24) is 4.98 Å². The Balaban J connectivity index is 2.59. The molecule has 2 aromatic rings. The zero-order chi connectivity index (χ0) is 11.7. The average Bonchev–Trinajstić information content (AvgIpc) is 2.69. The number of aliphatic hydroxyl groups excluding tert-OH is 1. The highest BCUT2D eigenvalue weighted by Gasteiger charge is 2.21. The second-order valence-corrected chi connectivity index (χ2v) is 3.74. The highest BCUT2D eigenvalue weighted by Crippen LogP contribution is 2.30. The Kier molecular flexibility index (Phi) is 2.85. The number of carbonyl (C=O) groups is 1. The molecule has 0 spiro atoms. The molecule has 0 aliphatic carbocycles. The second kappa shape index (κ2) is 4.15. The molecule has 0 bridgehead atoms. The Hall–Kier alpha value is -1.52. The van der Waals surface area contributed by atoms with Crippen LogP contribution in [0.5, 0.6) is 0 Å². The number of ether oxygens (including phenoxy) is 1. The first-order valence-electron chi connectivity index (χ1n) is 4.66. The van der Waals surface area contributed by atoms with Crippen LogP contribution in [0.3, 0.4) is 0 Å². The summed E-state index contributed by atoms with van der Waals surface area (Å²) < 4.78 is 4.49. The van der Waals surface area contributed by atoms with Crippen molar-refractivity contribution in [2.75, 3.05) is 7.11 Å². The maximum Gasteiger partial charge on any atom is 0.339 e. The molecule has 1 aromatic carbocycles. The van der Waals surface area contributed by atoms with Gasteiger partial charge in [0, 0.05) is 22.7 Å². The normalized spacial score (nSPS) is 12.7. The van der Waals surface area contributed by atoms with Crippen molar-refractivity contribution in [2.24, 2.45) is 0 Å². The van der Waals surface area contributed by atoms with Gasteiger partial charge in [-0.25, -0.2) is 4.79 Å². The fourth-order valence-corrected chi connectivity index (χ4v) is 1.90. The summed E-state index contributed by atoms with van der Waals surface area (Å²) >= 11 is 5.98. The van der Waals surface area contributed by atoms with Gasteiger partial charge in [0.1, 0.15) is 0 Å². The van der Waals surface area contributed by atoms with E-state index >= 15 is 0 Å². The van der Waals surface area contributed by atoms with Crippen molar-refractivity contribution in [1.29, 1.82) is 0 Å². The lowest BCUT2D eigenvalue weighted by atomic mass is 10.1. The van der Waals surface area contributed by atoms with Crippen LogP contribution in [-0.2, 0) is 9.53 Å². The predicted octanol–water partition coefficient (Wildman–Crippen LogP) is 2.03. The average molecular weight is 240 g/mol. The van der Waals surface area contributed by atoms with Crippen LogP contribution in [0.2, 0.25) is 5.02 Å². The van der Waals surface area contributed by atoms with E-state index in [1.807, 2.05) is 6.07 Å². The first-order valence-corrected chi connectivity index (χ1v) is 5.04. The van der Waals surface area contributed by atoms with E-state index in [0.29, 0.717) is 16.0 Å². The topological polar surface area (TPSA) is 62.3 Å². The highest BCUT2D eigenvalue weighted by atomic mass is 35.5. The number of aromatic nitrogens is 1. The quantitative estimate of drug-likeness (QED) is 0.789. The van der Waals surface area contributed by atoms with Gasteiger partial charge < -0.3 is 14.8 Å². The Morgan fingerprint density at radius 1 is 1.56 bits per heavy atom. The van der Waals surface area contributed by atoms with Crippen LogP contribution in [0.25, 0.3) is 10.9 Å². The largest absolute Gasteiger partial charge is 0.467 e. The summed E-state index contributed by atoms with van der Waals surface area (Å²) in [6, 6.07) is 5.19. The lowest BCUT2D eigenvalue weighted by Gasteiger charge is -2.09. The van der Waals surface area contributed by atoms with Gasteiger partial charge in [-0.05, 0) is 6.07 Å². The van der Waals surface area contributed by atoms with Crippen molar-refractivity contribution in [3.8, 4) is 0 Å². The number of carbonyl (C=O) groups excluding carboxylic acids is 1. The molecule has 0 amide bonds. The number of esters is 1. The van der Waals surface area contributed by atoms with Crippen molar-refractivity contribution in [3.63, 3.8) is 0 Å². The Bertz CT molecular complexity index is 535. The minimum atomic E-state index is -1.32. The van der Waals surface area contributed by atoms with E-state index in [1.165, 1.54) is 7.11 Å². The van der Waals surface area contributed by atoms with Gasteiger partial charge in [0.25, 0.3) is 0 Å². The molecule has 84 valence electrons. The summed E-state index contributed by atoms with van der Waals surface area (Å²) in [4.78, 5) is 14.2. The first-order chi connectivity index (χ1) is 7.65. The van der Waals surface area contributed by atoms with Gasteiger partial charge in [0.15, 0.2) is 6.10 Å². The van der Waals surface area contributed by atoms with Crippen LogP contribution in [0, 0.1) is 0 Å². The van der Waals surface area contributed by atoms with E-state index in [1.54, 1.807) is 18.3 Å². The molecule has 16 heavy (non-hydrogen) atoms. The number of hydrogen-bond donors (Lipinski definition) is 2. The van der Waals surface area contributed by atoms with Crippen LogP contribution < -0.4 is 0 Å². The molecule has 1 atom stereocenters. The molecule has 4 nitrogen and oxygen atoms in total. The van der Waals surface area contributed by atoms with Crippen LogP contribution in [0.4, 0.5) is 0 Å². The van der Waals surface area contributed by atoms with Crippen LogP contribution >= 0.6 is 11.6 Å². The maximum atomic E-state index is 11.3. The Morgan fingerprint density at radius 3 is 3.00 bits per heavy atom. The van der Waals surface area contributed by atoms with Gasteiger partial charge >= 0.3 is 5.97 Å². The fraction of sp³-hybridized carbons (Fsp3) is 0.182. The number of nitrogens with one attached hydrogen (secondary N) is 1. The van der Waals surface area contributed by atoms with Gasteiger partial charge in [0.05, 0.1) is 12.1 Å². The molecule has 2 N–H and O–H groups in total. The van der Waals surface area contributed by atoms with E-state index in [4.69, 9.17) is 11.6 Å². The van der Waals surface area contributed by atoms with Crippen molar-refractivity contribution >= 4 is 28.5 Å². The summed E-state index contributed by atoms with van der Waals surface area (Å²) in [5.41, 5.74) is 1.21. The fourth-order valence-electron chi connectivity index (χ4n) is 1.64. The SMILES string of the molecule is COC(=O)C(O)c1cccc2[nH]cc(Cl)c12. The van der Waals surface area contributed by atoms with Crippen molar-refractivity contribution in [3.05, 3.63) is 35.0 Å². The molecular formula is C11H10ClNO3. The number of aliphatic hydroxyl groups is 1. The molecule has 0 saturated heterocycles. The van der Waals surface area contributed by atoms with E-state index in [2.05, 4.69) is 9.72 Å². The number of fused-ring (bicyclic) bond motifs is 1. The third kappa shape index (κ3) is 1.66. The molecule has 0 radical (unpaired) electrons. The smallest absolute Gasteiger partial charge is 0.339 e. The molecule has 0 fully saturated rings. The first kappa shape index (κ1) is 11.0. The summed E-state index contributed by atoms with van der Waals surface area (Å²) in [7, 11) is 1.23. The molecule has 1 aromatic heterocycles.